The Kier molecular flexibility index (Phi) is 5.22. The first-order chi connectivity index (χ1) is 12.6. The van der Waals surface area contributed by atoms with Crippen molar-refractivity contribution in [3.63, 3.8) is 0 Å². The smallest absolute Gasteiger partial charge is 0.257 e. The zero-order valence-corrected chi connectivity index (χ0v) is 15.0. The van der Waals surface area contributed by atoms with E-state index in [9.17, 15) is 4.79 Å². The molecule has 3 rings (SSSR count). The van der Waals surface area contributed by atoms with Crippen molar-refractivity contribution in [2.45, 2.75) is 13.5 Å². The van der Waals surface area contributed by atoms with Gasteiger partial charge in [-0.25, -0.2) is 0 Å². The number of nitrogens with one attached hydrogen (secondary N) is 1. The standard InChI is InChI=1S/C20H21N3O3/c1-14-11-19(22-23(14)13-15-7-5-4-6-8-15)21-20(24)16-9-10-17(25-2)18(12-16)26-3/h4-12H,13H2,1-3H3,(H,21,22,24). The van der Waals surface area contributed by atoms with Gasteiger partial charge in [-0.05, 0) is 30.7 Å². The molecule has 0 fully saturated rings. The summed E-state index contributed by atoms with van der Waals surface area (Å²) < 4.78 is 12.3. The summed E-state index contributed by atoms with van der Waals surface area (Å²) in [6.45, 7) is 2.61. The fourth-order valence-corrected chi connectivity index (χ4v) is 2.65. The summed E-state index contributed by atoms with van der Waals surface area (Å²) >= 11 is 0. The van der Waals surface area contributed by atoms with Gasteiger partial charge in [0.05, 0.1) is 20.8 Å². The molecule has 6 nitrogen and oxygen atoms in total. The zero-order valence-electron chi connectivity index (χ0n) is 15.0. The number of amides is 1. The molecule has 0 aliphatic heterocycles. The predicted octanol–water partition coefficient (Wildman–Crippen LogP) is 3.51. The molecule has 1 amide bonds. The molecule has 0 spiro atoms. The molecule has 1 N–H and O–H groups in total. The highest BCUT2D eigenvalue weighted by Crippen LogP contribution is 2.27. The molecule has 0 bridgehead atoms. The largest absolute Gasteiger partial charge is 0.493 e. The van der Waals surface area contributed by atoms with Crippen molar-refractivity contribution in [2.24, 2.45) is 0 Å². The Morgan fingerprint density at radius 3 is 2.46 bits per heavy atom. The number of carbonyl (C=O) groups excluding carboxylic acids is 1. The third-order valence-corrected chi connectivity index (χ3v) is 4.04. The van der Waals surface area contributed by atoms with Crippen LogP contribution < -0.4 is 14.8 Å². The molecule has 0 atom stereocenters. The zero-order chi connectivity index (χ0) is 18.5. The Bertz CT molecular complexity index is 904. The van der Waals surface area contributed by atoms with E-state index in [1.807, 2.05) is 48.0 Å². The van der Waals surface area contributed by atoms with Crippen LogP contribution in [0.5, 0.6) is 11.5 Å². The molecule has 0 saturated heterocycles. The van der Waals surface area contributed by atoms with Crippen LogP contribution in [0.1, 0.15) is 21.6 Å². The SMILES string of the molecule is COc1ccc(C(=O)Nc2cc(C)n(Cc3ccccc3)n2)cc1OC. The van der Waals surface area contributed by atoms with E-state index in [-0.39, 0.29) is 5.91 Å². The van der Waals surface area contributed by atoms with Gasteiger partial charge in [0.2, 0.25) is 0 Å². The van der Waals surface area contributed by atoms with Crippen LogP contribution in [-0.4, -0.2) is 29.9 Å². The van der Waals surface area contributed by atoms with Crippen LogP contribution >= 0.6 is 0 Å². The molecule has 1 heterocycles. The second kappa shape index (κ2) is 7.74. The number of nitrogens with zero attached hydrogens (tertiary/aromatic N) is 2. The number of hydrogen-bond acceptors (Lipinski definition) is 4. The Hall–Kier alpha value is -3.28. The van der Waals surface area contributed by atoms with Crippen LogP contribution in [0.25, 0.3) is 0 Å². The van der Waals surface area contributed by atoms with Crippen molar-refractivity contribution in [1.29, 1.82) is 0 Å². The lowest BCUT2D eigenvalue weighted by molar-refractivity contribution is 0.102. The van der Waals surface area contributed by atoms with E-state index in [0.29, 0.717) is 29.4 Å². The van der Waals surface area contributed by atoms with Gasteiger partial charge in [-0.3, -0.25) is 9.48 Å². The summed E-state index contributed by atoms with van der Waals surface area (Å²) in [5.41, 5.74) is 2.59. The Morgan fingerprint density at radius 2 is 1.77 bits per heavy atom. The highest BCUT2D eigenvalue weighted by Gasteiger charge is 2.13. The second-order valence-corrected chi connectivity index (χ2v) is 5.84. The quantitative estimate of drug-likeness (QED) is 0.738. The van der Waals surface area contributed by atoms with E-state index in [4.69, 9.17) is 9.47 Å². The van der Waals surface area contributed by atoms with Gasteiger partial charge in [-0.15, -0.1) is 0 Å². The number of aryl methyl sites for hydroxylation is 1. The van der Waals surface area contributed by atoms with Gasteiger partial charge < -0.3 is 14.8 Å². The van der Waals surface area contributed by atoms with Crippen LogP contribution in [0.3, 0.4) is 0 Å². The van der Waals surface area contributed by atoms with Gasteiger partial charge in [-0.2, -0.15) is 5.10 Å². The van der Waals surface area contributed by atoms with Gasteiger partial charge in [0.1, 0.15) is 0 Å². The molecule has 0 saturated carbocycles. The van der Waals surface area contributed by atoms with Gasteiger partial charge in [-0.1, -0.05) is 30.3 Å². The predicted molar refractivity (Wildman–Crippen MR) is 100 cm³/mol. The summed E-state index contributed by atoms with van der Waals surface area (Å²) in [5.74, 6) is 1.34. The number of aromatic nitrogens is 2. The fraction of sp³-hybridized carbons (Fsp3) is 0.200. The molecule has 0 radical (unpaired) electrons. The van der Waals surface area contributed by atoms with Crippen LogP contribution in [0.2, 0.25) is 0 Å². The van der Waals surface area contributed by atoms with E-state index < -0.39 is 0 Å². The van der Waals surface area contributed by atoms with E-state index in [2.05, 4.69) is 10.4 Å². The summed E-state index contributed by atoms with van der Waals surface area (Å²) in [5, 5.41) is 7.30. The maximum absolute atomic E-state index is 12.5. The normalized spacial score (nSPS) is 10.4. The lowest BCUT2D eigenvalue weighted by Gasteiger charge is -2.09. The van der Waals surface area contributed by atoms with E-state index in [0.717, 1.165) is 11.3 Å². The van der Waals surface area contributed by atoms with Crippen molar-refractivity contribution in [1.82, 2.24) is 9.78 Å². The molecule has 134 valence electrons. The Labute approximate surface area is 152 Å². The first-order valence-electron chi connectivity index (χ1n) is 8.22. The van der Waals surface area contributed by atoms with E-state index >= 15 is 0 Å². The number of anilines is 1. The molecule has 0 aliphatic carbocycles. The second-order valence-electron chi connectivity index (χ2n) is 5.84. The van der Waals surface area contributed by atoms with E-state index in [1.54, 1.807) is 25.3 Å². The minimum absolute atomic E-state index is 0.254. The minimum atomic E-state index is -0.254. The van der Waals surface area contributed by atoms with Crippen LogP contribution in [-0.2, 0) is 6.54 Å². The highest BCUT2D eigenvalue weighted by atomic mass is 16.5. The lowest BCUT2D eigenvalue weighted by atomic mass is 10.2. The van der Waals surface area contributed by atoms with Crippen molar-refractivity contribution >= 4 is 11.7 Å². The first-order valence-corrected chi connectivity index (χ1v) is 8.22. The molecule has 6 heteroatoms. The number of carbonyl (C=O) groups is 1. The first kappa shape index (κ1) is 17.5. The average molecular weight is 351 g/mol. The molecular formula is C20H21N3O3. The number of ether oxygens (including phenoxy) is 2. The topological polar surface area (TPSA) is 65.4 Å². The van der Waals surface area contributed by atoms with Crippen molar-refractivity contribution < 1.29 is 14.3 Å². The lowest BCUT2D eigenvalue weighted by Crippen LogP contribution is -2.13. The van der Waals surface area contributed by atoms with Gasteiger partial charge in [0.25, 0.3) is 5.91 Å². The minimum Gasteiger partial charge on any atom is -0.493 e. The van der Waals surface area contributed by atoms with E-state index in [1.165, 1.54) is 7.11 Å². The van der Waals surface area contributed by atoms with Gasteiger partial charge >= 0.3 is 0 Å². The summed E-state index contributed by atoms with van der Waals surface area (Å²) in [6, 6.07) is 16.9. The van der Waals surface area contributed by atoms with Gasteiger partial charge in [0.15, 0.2) is 17.3 Å². The number of benzene rings is 2. The van der Waals surface area contributed by atoms with Crippen molar-refractivity contribution in [3.05, 3.63) is 71.4 Å². The number of methoxy groups -OCH3 is 2. The summed E-state index contributed by atoms with van der Waals surface area (Å²) in [4.78, 5) is 12.5. The summed E-state index contributed by atoms with van der Waals surface area (Å²) in [6.07, 6.45) is 0. The number of hydrogen-bond donors (Lipinski definition) is 1. The van der Waals surface area contributed by atoms with Crippen molar-refractivity contribution in [3.8, 4) is 11.5 Å². The van der Waals surface area contributed by atoms with Crippen molar-refractivity contribution in [2.75, 3.05) is 19.5 Å². The van der Waals surface area contributed by atoms with Crippen LogP contribution in [0, 0.1) is 6.92 Å². The molecule has 0 aliphatic rings. The monoisotopic (exact) mass is 351 g/mol. The Morgan fingerprint density at radius 1 is 1.04 bits per heavy atom. The molecule has 1 aromatic heterocycles. The highest BCUT2D eigenvalue weighted by molar-refractivity contribution is 6.04. The average Bonchev–Trinajstić information content (AvgIpc) is 3.00. The molecule has 2 aromatic carbocycles. The number of rotatable bonds is 6. The molecule has 3 aromatic rings. The van der Waals surface area contributed by atoms with Crippen LogP contribution in [0.15, 0.2) is 54.6 Å². The maximum atomic E-state index is 12.5. The molecule has 0 unspecified atom stereocenters. The van der Waals surface area contributed by atoms with Gasteiger partial charge in [0, 0.05) is 17.3 Å². The third-order valence-electron chi connectivity index (χ3n) is 4.04. The maximum Gasteiger partial charge on any atom is 0.257 e. The molecule has 26 heavy (non-hydrogen) atoms. The Balaban J connectivity index is 1.75. The third kappa shape index (κ3) is 3.85. The summed E-state index contributed by atoms with van der Waals surface area (Å²) in [7, 11) is 3.09. The van der Waals surface area contributed by atoms with Crippen LogP contribution in [0.4, 0.5) is 5.82 Å². The molecular weight excluding hydrogens is 330 g/mol. The fourth-order valence-electron chi connectivity index (χ4n) is 2.65.